The first kappa shape index (κ1) is 31.1. The van der Waals surface area contributed by atoms with Gasteiger partial charge in [0.1, 0.15) is 29.3 Å². The van der Waals surface area contributed by atoms with Crippen molar-refractivity contribution < 1.29 is 29.3 Å². The van der Waals surface area contributed by atoms with E-state index >= 15 is 0 Å². The lowest BCUT2D eigenvalue weighted by Crippen LogP contribution is -2.56. The summed E-state index contributed by atoms with van der Waals surface area (Å²) in [7, 11) is 0. The van der Waals surface area contributed by atoms with E-state index < -0.39 is 24.0 Å². The van der Waals surface area contributed by atoms with Crippen LogP contribution in [0.25, 0.3) is 0 Å². The van der Waals surface area contributed by atoms with Gasteiger partial charge in [0.15, 0.2) is 0 Å². The maximum atomic E-state index is 13.7. The molecule has 5 rings (SSSR count). The van der Waals surface area contributed by atoms with Crippen molar-refractivity contribution in [1.29, 1.82) is 0 Å². The molecule has 0 spiro atoms. The van der Waals surface area contributed by atoms with Crippen molar-refractivity contribution >= 4 is 17.8 Å². The summed E-state index contributed by atoms with van der Waals surface area (Å²) in [6.07, 6.45) is 4.95. The number of hydrogen-bond acceptors (Lipinski definition) is 5. The van der Waals surface area contributed by atoms with E-state index in [1.54, 1.807) is 17.0 Å². The molecular weight excluding hydrogens is 556 g/mol. The lowest BCUT2D eigenvalue weighted by Gasteiger charge is -2.37. The first-order valence-electron chi connectivity index (χ1n) is 15.5. The average Bonchev–Trinajstić information content (AvgIpc) is 3.50. The summed E-state index contributed by atoms with van der Waals surface area (Å²) in [5, 5.41) is 22.2. The van der Waals surface area contributed by atoms with Gasteiger partial charge < -0.3 is 25.2 Å². The average molecular weight is 599 g/mol. The van der Waals surface area contributed by atoms with Gasteiger partial charge in [0, 0.05) is 25.8 Å². The van der Waals surface area contributed by atoms with E-state index in [1.807, 2.05) is 30.3 Å². The van der Waals surface area contributed by atoms with E-state index in [1.165, 1.54) is 17.7 Å². The molecule has 44 heavy (non-hydrogen) atoms. The number of phenols is 1. The fourth-order valence-electron chi connectivity index (χ4n) is 6.19. The Bertz CT molecular complexity index is 1490. The smallest absolute Gasteiger partial charge is 0.326 e. The number of carboxylic acids is 1. The molecule has 1 fully saturated rings. The molecule has 1 heterocycles. The summed E-state index contributed by atoms with van der Waals surface area (Å²) in [5.41, 5.74) is 3.76. The second kappa shape index (κ2) is 13.1. The molecule has 0 unspecified atom stereocenters. The van der Waals surface area contributed by atoms with E-state index in [-0.39, 0.29) is 36.5 Å². The Labute approximate surface area is 259 Å². The van der Waals surface area contributed by atoms with Crippen LogP contribution < -0.4 is 10.1 Å². The molecule has 232 valence electrons. The van der Waals surface area contributed by atoms with Crippen LogP contribution in [0.3, 0.4) is 0 Å². The van der Waals surface area contributed by atoms with E-state index in [0.29, 0.717) is 29.4 Å². The van der Waals surface area contributed by atoms with Crippen LogP contribution in [0.2, 0.25) is 0 Å². The number of ether oxygens (including phenoxy) is 1. The van der Waals surface area contributed by atoms with E-state index in [9.17, 15) is 24.6 Å². The van der Waals surface area contributed by atoms with Crippen LogP contribution in [0, 0.1) is 5.92 Å². The van der Waals surface area contributed by atoms with Gasteiger partial charge in [-0.3, -0.25) is 9.59 Å². The topological polar surface area (TPSA) is 116 Å². The highest BCUT2D eigenvalue weighted by Crippen LogP contribution is 2.33. The molecule has 3 aromatic rings. The second-order valence-corrected chi connectivity index (χ2v) is 13.2. The van der Waals surface area contributed by atoms with Gasteiger partial charge in [-0.1, -0.05) is 63.9 Å². The van der Waals surface area contributed by atoms with Crippen molar-refractivity contribution in [3.05, 3.63) is 89.0 Å². The van der Waals surface area contributed by atoms with E-state index in [0.717, 1.165) is 36.8 Å². The van der Waals surface area contributed by atoms with E-state index in [4.69, 9.17) is 4.74 Å². The van der Waals surface area contributed by atoms with Crippen LogP contribution in [0.15, 0.2) is 66.7 Å². The Hall–Kier alpha value is -4.33. The molecule has 2 amide bonds. The number of carbonyl (C=O) groups excluding carboxylic acids is 2. The molecule has 1 saturated carbocycles. The molecule has 3 aromatic carbocycles. The molecular formula is C36H42N2O6. The number of nitrogens with one attached hydrogen (secondary N) is 1. The lowest BCUT2D eigenvalue weighted by atomic mass is 9.87. The number of benzene rings is 3. The number of amides is 2. The first-order valence-corrected chi connectivity index (χ1v) is 15.5. The predicted octanol–water partition coefficient (Wildman–Crippen LogP) is 6.13. The maximum absolute atomic E-state index is 13.7. The largest absolute Gasteiger partial charge is 0.508 e. The van der Waals surface area contributed by atoms with Gasteiger partial charge in [0.25, 0.3) is 0 Å². The van der Waals surface area contributed by atoms with Gasteiger partial charge in [0.2, 0.25) is 11.8 Å². The van der Waals surface area contributed by atoms with Gasteiger partial charge in [-0.15, -0.1) is 0 Å². The zero-order valence-corrected chi connectivity index (χ0v) is 25.7. The number of fused-ring (bicyclic) bond motifs is 1. The van der Waals surface area contributed by atoms with Crippen LogP contribution in [-0.2, 0) is 39.2 Å². The van der Waals surface area contributed by atoms with E-state index in [2.05, 4.69) is 38.2 Å². The van der Waals surface area contributed by atoms with Crippen LogP contribution in [-0.4, -0.2) is 45.0 Å². The number of hydrogen-bond donors (Lipinski definition) is 3. The molecule has 0 saturated heterocycles. The third-order valence-corrected chi connectivity index (χ3v) is 8.82. The summed E-state index contributed by atoms with van der Waals surface area (Å²) < 4.78 is 6.17. The third kappa shape index (κ3) is 7.59. The first-order chi connectivity index (χ1) is 21.0. The molecule has 2 aliphatic rings. The molecule has 0 radical (unpaired) electrons. The van der Waals surface area contributed by atoms with Crippen LogP contribution in [0.5, 0.6) is 17.2 Å². The van der Waals surface area contributed by atoms with Gasteiger partial charge in [-0.2, -0.15) is 0 Å². The van der Waals surface area contributed by atoms with Gasteiger partial charge in [-0.25, -0.2) is 4.79 Å². The Balaban J connectivity index is 1.35. The SMILES string of the molecule is CC(C)(C)c1ccc(Oc2ccc3c(c2)CN(C(=O)CC2CCCC2)[C@H](C(=O)N[C@@H](Cc2ccc(O)cc2)C(=O)O)C3)cc1. The molecule has 8 nitrogen and oxygen atoms in total. The normalized spacial score (nSPS) is 17.5. The highest BCUT2D eigenvalue weighted by Gasteiger charge is 2.37. The predicted molar refractivity (Wildman–Crippen MR) is 168 cm³/mol. The quantitative estimate of drug-likeness (QED) is 0.273. The number of nitrogens with zero attached hydrogens (tertiary/aromatic N) is 1. The highest BCUT2D eigenvalue weighted by molar-refractivity contribution is 5.91. The van der Waals surface area contributed by atoms with Crippen molar-refractivity contribution in [3.63, 3.8) is 0 Å². The molecule has 2 atom stereocenters. The summed E-state index contributed by atoms with van der Waals surface area (Å²) >= 11 is 0. The summed E-state index contributed by atoms with van der Waals surface area (Å²) in [4.78, 5) is 41.1. The minimum atomic E-state index is -1.18. The molecule has 3 N–H and O–H groups in total. The standard InChI is InChI=1S/C36H42N2O6/c1-36(2,3)27-11-16-29(17-12-27)44-30-15-10-25-21-32(38(22-26(25)20-30)33(40)19-23-6-4-5-7-23)34(41)37-31(35(42)43)18-24-8-13-28(39)14-9-24/h8-17,20,23,31-32,39H,4-7,18-19,21-22H2,1-3H3,(H,37,41)(H,42,43)/t31-,32-/m0/s1. The number of aromatic hydroxyl groups is 1. The van der Waals surface area contributed by atoms with Crippen LogP contribution in [0.1, 0.15) is 75.1 Å². The van der Waals surface area contributed by atoms with Crippen molar-refractivity contribution in [2.75, 3.05) is 0 Å². The van der Waals surface area contributed by atoms with Crippen molar-refractivity contribution in [1.82, 2.24) is 10.2 Å². The number of rotatable bonds is 9. The van der Waals surface area contributed by atoms with Gasteiger partial charge in [-0.05, 0) is 82.8 Å². The fourth-order valence-corrected chi connectivity index (χ4v) is 6.19. The molecule has 1 aliphatic carbocycles. The molecule has 0 bridgehead atoms. The van der Waals surface area contributed by atoms with Gasteiger partial charge in [0.05, 0.1) is 0 Å². The highest BCUT2D eigenvalue weighted by atomic mass is 16.5. The zero-order valence-electron chi connectivity index (χ0n) is 25.7. The number of phenolic OH excluding ortho intramolecular Hbond substituents is 1. The number of carbonyl (C=O) groups is 3. The molecule has 8 heteroatoms. The number of carboxylic acid groups (broad SMARTS) is 1. The number of aliphatic carboxylic acids is 1. The Kier molecular flexibility index (Phi) is 9.28. The monoisotopic (exact) mass is 598 g/mol. The van der Waals surface area contributed by atoms with Crippen molar-refractivity contribution in [2.45, 2.75) is 89.8 Å². The Morgan fingerprint density at radius 2 is 1.59 bits per heavy atom. The summed E-state index contributed by atoms with van der Waals surface area (Å²) in [6, 6.07) is 18.0. The molecule has 1 aliphatic heterocycles. The molecule has 0 aromatic heterocycles. The Morgan fingerprint density at radius 1 is 0.932 bits per heavy atom. The zero-order chi connectivity index (χ0) is 31.4. The van der Waals surface area contributed by atoms with Crippen molar-refractivity contribution in [3.8, 4) is 17.2 Å². The Morgan fingerprint density at radius 3 is 2.23 bits per heavy atom. The van der Waals surface area contributed by atoms with Crippen LogP contribution in [0.4, 0.5) is 0 Å². The maximum Gasteiger partial charge on any atom is 0.326 e. The third-order valence-electron chi connectivity index (χ3n) is 8.82. The van der Waals surface area contributed by atoms with Gasteiger partial charge >= 0.3 is 5.97 Å². The summed E-state index contributed by atoms with van der Waals surface area (Å²) in [5.74, 6) is 0.0159. The minimum absolute atomic E-state index is 0.0394. The lowest BCUT2D eigenvalue weighted by molar-refractivity contribution is -0.145. The fraction of sp³-hybridized carbons (Fsp3) is 0.417. The van der Waals surface area contributed by atoms with Crippen molar-refractivity contribution in [2.24, 2.45) is 5.92 Å². The summed E-state index contributed by atoms with van der Waals surface area (Å²) in [6.45, 7) is 6.74. The second-order valence-electron chi connectivity index (χ2n) is 13.2. The van der Waals surface area contributed by atoms with Crippen LogP contribution >= 0.6 is 0 Å². The minimum Gasteiger partial charge on any atom is -0.508 e.